The van der Waals surface area contributed by atoms with Crippen LogP contribution in [0.15, 0.2) is 66.7 Å². The molecule has 1 amide bonds. The Bertz CT molecular complexity index is 1070. The number of ether oxygens (including phenoxy) is 1. The zero-order valence-electron chi connectivity index (χ0n) is 16.6. The van der Waals surface area contributed by atoms with Gasteiger partial charge in [-0.3, -0.25) is 9.69 Å². The Morgan fingerprint density at radius 1 is 0.931 bits per heavy atom. The van der Waals surface area contributed by atoms with Crippen molar-refractivity contribution in [3.63, 3.8) is 0 Å². The van der Waals surface area contributed by atoms with Crippen molar-refractivity contribution in [2.75, 3.05) is 17.3 Å². The summed E-state index contributed by atoms with van der Waals surface area (Å²) in [7, 11) is 1.36. The standard InChI is InChI=1S/C24H22N2O3/c1-15-7-6-8-16(2)21(15)26-22(17-11-13-18(14-12-17)24(28)29-3)25-20-10-5-4-9-19(20)23(26)27/h4-14,22,25H,1-3H3. The molecular formula is C24H22N2O3. The lowest BCUT2D eigenvalue weighted by Gasteiger charge is -2.39. The van der Waals surface area contributed by atoms with Gasteiger partial charge in [-0.2, -0.15) is 0 Å². The molecule has 3 aromatic carbocycles. The molecule has 29 heavy (non-hydrogen) atoms. The first-order valence-corrected chi connectivity index (χ1v) is 9.45. The fourth-order valence-electron chi connectivity index (χ4n) is 3.82. The molecule has 1 aliphatic rings. The third kappa shape index (κ3) is 3.25. The monoisotopic (exact) mass is 386 g/mol. The van der Waals surface area contributed by atoms with E-state index in [-0.39, 0.29) is 11.9 Å². The predicted octanol–water partition coefficient (Wildman–Crippen LogP) is 4.86. The van der Waals surface area contributed by atoms with Gasteiger partial charge in [0.25, 0.3) is 5.91 Å². The summed E-state index contributed by atoms with van der Waals surface area (Å²) >= 11 is 0. The number of anilines is 2. The van der Waals surface area contributed by atoms with E-state index in [9.17, 15) is 9.59 Å². The van der Waals surface area contributed by atoms with Gasteiger partial charge in [-0.05, 0) is 54.8 Å². The number of benzene rings is 3. The topological polar surface area (TPSA) is 58.6 Å². The molecule has 0 fully saturated rings. The molecule has 3 aromatic rings. The van der Waals surface area contributed by atoms with E-state index < -0.39 is 6.17 Å². The first-order chi connectivity index (χ1) is 14.0. The average Bonchev–Trinajstić information content (AvgIpc) is 2.74. The number of amides is 1. The molecule has 1 unspecified atom stereocenters. The maximum absolute atomic E-state index is 13.5. The predicted molar refractivity (Wildman–Crippen MR) is 113 cm³/mol. The van der Waals surface area contributed by atoms with Crippen molar-refractivity contribution in [3.8, 4) is 0 Å². The molecule has 0 saturated carbocycles. The summed E-state index contributed by atoms with van der Waals surface area (Å²) in [6, 6.07) is 20.7. The second-order valence-corrected chi connectivity index (χ2v) is 7.12. The van der Waals surface area contributed by atoms with Crippen molar-refractivity contribution < 1.29 is 14.3 Å². The van der Waals surface area contributed by atoms with Gasteiger partial charge >= 0.3 is 5.97 Å². The summed E-state index contributed by atoms with van der Waals surface area (Å²) in [5, 5.41) is 3.50. The normalized spacial score (nSPS) is 15.5. The molecule has 0 radical (unpaired) electrons. The highest BCUT2D eigenvalue weighted by Gasteiger charge is 2.35. The molecule has 4 rings (SSSR count). The summed E-state index contributed by atoms with van der Waals surface area (Å²) < 4.78 is 4.79. The Hall–Kier alpha value is -3.60. The van der Waals surface area contributed by atoms with E-state index in [2.05, 4.69) is 5.32 Å². The fourth-order valence-corrected chi connectivity index (χ4v) is 3.82. The number of aryl methyl sites for hydroxylation is 2. The summed E-state index contributed by atoms with van der Waals surface area (Å²) in [6.45, 7) is 4.01. The van der Waals surface area contributed by atoms with Crippen LogP contribution in [-0.2, 0) is 4.74 Å². The van der Waals surface area contributed by atoms with Crippen LogP contribution in [0.3, 0.4) is 0 Å². The minimum Gasteiger partial charge on any atom is -0.465 e. The van der Waals surface area contributed by atoms with E-state index in [0.717, 1.165) is 28.1 Å². The van der Waals surface area contributed by atoms with Crippen LogP contribution in [0.2, 0.25) is 0 Å². The molecule has 1 atom stereocenters. The minimum atomic E-state index is -0.399. The Morgan fingerprint density at radius 3 is 2.24 bits per heavy atom. The lowest BCUT2D eigenvalue weighted by molar-refractivity contribution is 0.0600. The maximum Gasteiger partial charge on any atom is 0.337 e. The number of hydrogen-bond acceptors (Lipinski definition) is 4. The molecule has 0 aliphatic carbocycles. The number of nitrogens with one attached hydrogen (secondary N) is 1. The third-order valence-electron chi connectivity index (χ3n) is 5.25. The Balaban J connectivity index is 1.85. The molecule has 1 heterocycles. The van der Waals surface area contributed by atoms with Crippen molar-refractivity contribution in [2.24, 2.45) is 0 Å². The van der Waals surface area contributed by atoms with Crippen LogP contribution in [0.5, 0.6) is 0 Å². The number of carbonyl (C=O) groups is 2. The highest BCUT2D eigenvalue weighted by molar-refractivity contribution is 6.12. The molecule has 5 nitrogen and oxygen atoms in total. The van der Waals surface area contributed by atoms with Crippen molar-refractivity contribution in [2.45, 2.75) is 20.0 Å². The van der Waals surface area contributed by atoms with Crippen molar-refractivity contribution in [3.05, 3.63) is 94.5 Å². The van der Waals surface area contributed by atoms with E-state index in [1.165, 1.54) is 7.11 Å². The van der Waals surface area contributed by atoms with E-state index in [1.807, 2.05) is 68.4 Å². The quantitative estimate of drug-likeness (QED) is 0.653. The van der Waals surface area contributed by atoms with Crippen LogP contribution in [0, 0.1) is 13.8 Å². The van der Waals surface area contributed by atoms with Crippen molar-refractivity contribution >= 4 is 23.3 Å². The summed E-state index contributed by atoms with van der Waals surface area (Å²) in [4.78, 5) is 27.1. The number of nitrogens with zero attached hydrogens (tertiary/aromatic N) is 1. The molecule has 0 spiro atoms. The highest BCUT2D eigenvalue weighted by Crippen LogP contribution is 2.39. The number of para-hydroxylation sites is 2. The average molecular weight is 386 g/mol. The van der Waals surface area contributed by atoms with Gasteiger partial charge in [-0.15, -0.1) is 0 Å². The second kappa shape index (κ2) is 7.43. The van der Waals surface area contributed by atoms with Gasteiger partial charge in [0.1, 0.15) is 6.17 Å². The molecule has 1 aliphatic heterocycles. The van der Waals surface area contributed by atoms with Gasteiger partial charge in [0, 0.05) is 5.69 Å². The number of carbonyl (C=O) groups excluding carboxylic acids is 2. The second-order valence-electron chi connectivity index (χ2n) is 7.12. The maximum atomic E-state index is 13.5. The van der Waals surface area contributed by atoms with Crippen LogP contribution in [0.25, 0.3) is 0 Å². The number of methoxy groups -OCH3 is 1. The number of esters is 1. The Labute approximate surface area is 169 Å². The van der Waals surface area contributed by atoms with Crippen LogP contribution < -0.4 is 10.2 Å². The van der Waals surface area contributed by atoms with E-state index >= 15 is 0 Å². The van der Waals surface area contributed by atoms with E-state index in [0.29, 0.717) is 11.1 Å². The van der Waals surface area contributed by atoms with Crippen LogP contribution >= 0.6 is 0 Å². The molecule has 0 bridgehead atoms. The van der Waals surface area contributed by atoms with Gasteiger partial charge in [-0.25, -0.2) is 4.79 Å². The summed E-state index contributed by atoms with van der Waals surface area (Å²) in [5.41, 5.74) is 5.72. The summed E-state index contributed by atoms with van der Waals surface area (Å²) in [5.74, 6) is -0.444. The highest BCUT2D eigenvalue weighted by atomic mass is 16.5. The Morgan fingerprint density at radius 2 is 1.59 bits per heavy atom. The molecule has 5 heteroatoms. The van der Waals surface area contributed by atoms with Crippen LogP contribution in [0.1, 0.15) is 43.6 Å². The van der Waals surface area contributed by atoms with Crippen molar-refractivity contribution in [1.29, 1.82) is 0 Å². The summed E-state index contributed by atoms with van der Waals surface area (Å²) in [6.07, 6.45) is -0.399. The fraction of sp³-hybridized carbons (Fsp3) is 0.167. The minimum absolute atomic E-state index is 0.0567. The third-order valence-corrected chi connectivity index (χ3v) is 5.25. The molecule has 0 saturated heterocycles. The SMILES string of the molecule is COC(=O)c1ccc(C2Nc3ccccc3C(=O)N2c2c(C)cccc2C)cc1. The van der Waals surface area contributed by atoms with Crippen LogP contribution in [0.4, 0.5) is 11.4 Å². The molecule has 0 aromatic heterocycles. The van der Waals surface area contributed by atoms with Crippen molar-refractivity contribution in [1.82, 2.24) is 0 Å². The first kappa shape index (κ1) is 18.7. The number of hydrogen-bond donors (Lipinski definition) is 1. The van der Waals surface area contributed by atoms with Gasteiger partial charge in [0.2, 0.25) is 0 Å². The van der Waals surface area contributed by atoms with Gasteiger partial charge in [0.05, 0.1) is 23.9 Å². The van der Waals surface area contributed by atoms with Gasteiger partial charge in [-0.1, -0.05) is 42.5 Å². The lowest BCUT2D eigenvalue weighted by atomic mass is 9.99. The van der Waals surface area contributed by atoms with Gasteiger partial charge < -0.3 is 10.1 Å². The number of rotatable bonds is 3. The van der Waals surface area contributed by atoms with Gasteiger partial charge in [0.15, 0.2) is 0 Å². The molecule has 1 N–H and O–H groups in total. The Kier molecular flexibility index (Phi) is 4.80. The largest absolute Gasteiger partial charge is 0.465 e. The zero-order chi connectivity index (χ0) is 20.5. The smallest absolute Gasteiger partial charge is 0.337 e. The number of fused-ring (bicyclic) bond motifs is 1. The zero-order valence-corrected chi connectivity index (χ0v) is 16.6. The first-order valence-electron chi connectivity index (χ1n) is 9.45. The lowest BCUT2D eigenvalue weighted by Crippen LogP contribution is -2.43. The van der Waals surface area contributed by atoms with E-state index in [4.69, 9.17) is 4.74 Å². The van der Waals surface area contributed by atoms with Crippen LogP contribution in [-0.4, -0.2) is 19.0 Å². The molecule has 146 valence electrons. The molecular weight excluding hydrogens is 364 g/mol. The van der Waals surface area contributed by atoms with E-state index in [1.54, 1.807) is 17.0 Å².